The van der Waals surface area contributed by atoms with Gasteiger partial charge in [-0.3, -0.25) is 0 Å². The molecule has 1 aliphatic rings. The maximum absolute atomic E-state index is 12.9. The van der Waals surface area contributed by atoms with Crippen LogP contribution in [-0.2, 0) is 14.8 Å². The second-order valence-electron chi connectivity index (χ2n) is 5.10. The van der Waals surface area contributed by atoms with Crippen molar-refractivity contribution in [3.05, 3.63) is 23.2 Å². The first-order chi connectivity index (χ1) is 9.84. The fourth-order valence-electron chi connectivity index (χ4n) is 2.42. The zero-order valence-electron chi connectivity index (χ0n) is 12.4. The molecule has 118 valence electrons. The van der Waals surface area contributed by atoms with Crippen LogP contribution < -0.4 is 4.74 Å². The highest BCUT2D eigenvalue weighted by Crippen LogP contribution is 2.31. The number of morpholine rings is 1. The Hall–Kier alpha value is -0.820. The number of halogens is 1. The van der Waals surface area contributed by atoms with Crippen LogP contribution in [0.2, 0.25) is 5.02 Å². The second-order valence-corrected chi connectivity index (χ2v) is 7.45. The smallest absolute Gasteiger partial charge is 0.246 e. The Kier molecular flexibility index (Phi) is 5.14. The van der Waals surface area contributed by atoms with Crippen LogP contribution in [0.3, 0.4) is 0 Å². The van der Waals surface area contributed by atoms with Gasteiger partial charge in [0.2, 0.25) is 10.0 Å². The molecule has 7 heteroatoms. The molecule has 1 saturated heterocycles. The minimum absolute atomic E-state index is 0.109. The normalized spacial score (nSPS) is 24.0. The number of hydrogen-bond acceptors (Lipinski definition) is 4. The first-order valence-corrected chi connectivity index (χ1v) is 8.74. The first-order valence-electron chi connectivity index (χ1n) is 6.92. The van der Waals surface area contributed by atoms with Crippen molar-refractivity contribution in [2.24, 2.45) is 0 Å². The predicted molar refractivity (Wildman–Crippen MR) is 81.4 cm³/mol. The van der Waals surface area contributed by atoms with Crippen LogP contribution in [0.4, 0.5) is 0 Å². The molecule has 0 amide bonds. The Labute approximate surface area is 130 Å². The summed E-state index contributed by atoms with van der Waals surface area (Å²) in [5.41, 5.74) is 0. The van der Waals surface area contributed by atoms with E-state index >= 15 is 0 Å². The molecule has 1 fully saturated rings. The summed E-state index contributed by atoms with van der Waals surface area (Å²) < 4.78 is 38.2. The van der Waals surface area contributed by atoms with Crippen molar-refractivity contribution in [2.75, 3.05) is 19.7 Å². The molecule has 1 aromatic rings. The van der Waals surface area contributed by atoms with Gasteiger partial charge in [-0.05, 0) is 39.0 Å². The molecule has 2 atom stereocenters. The number of rotatable bonds is 4. The van der Waals surface area contributed by atoms with Crippen LogP contribution in [0.15, 0.2) is 23.1 Å². The van der Waals surface area contributed by atoms with Crippen molar-refractivity contribution in [2.45, 2.75) is 37.9 Å². The monoisotopic (exact) mass is 333 g/mol. The van der Waals surface area contributed by atoms with E-state index in [9.17, 15) is 8.42 Å². The van der Waals surface area contributed by atoms with Gasteiger partial charge < -0.3 is 9.47 Å². The molecule has 0 aromatic heterocycles. The molecular weight excluding hydrogens is 314 g/mol. The average molecular weight is 334 g/mol. The zero-order valence-corrected chi connectivity index (χ0v) is 13.9. The summed E-state index contributed by atoms with van der Waals surface area (Å²) in [5.74, 6) is 0.327. The van der Waals surface area contributed by atoms with E-state index in [1.54, 1.807) is 12.1 Å². The van der Waals surface area contributed by atoms with E-state index < -0.39 is 10.0 Å². The minimum atomic E-state index is -3.66. The van der Waals surface area contributed by atoms with Crippen LogP contribution in [0.5, 0.6) is 5.75 Å². The van der Waals surface area contributed by atoms with Crippen molar-refractivity contribution in [3.63, 3.8) is 0 Å². The van der Waals surface area contributed by atoms with Gasteiger partial charge in [-0.1, -0.05) is 11.6 Å². The molecule has 0 bridgehead atoms. The minimum Gasteiger partial charge on any atom is -0.492 e. The highest BCUT2D eigenvalue weighted by molar-refractivity contribution is 7.89. The average Bonchev–Trinajstić information content (AvgIpc) is 2.40. The lowest BCUT2D eigenvalue weighted by molar-refractivity contribution is -0.0441. The van der Waals surface area contributed by atoms with E-state index in [0.717, 1.165) is 0 Å². The third kappa shape index (κ3) is 3.69. The van der Waals surface area contributed by atoms with E-state index in [0.29, 0.717) is 30.5 Å². The van der Waals surface area contributed by atoms with Crippen molar-refractivity contribution in [3.8, 4) is 5.75 Å². The van der Waals surface area contributed by atoms with E-state index in [-0.39, 0.29) is 17.1 Å². The molecule has 1 heterocycles. The second kappa shape index (κ2) is 6.52. The number of ether oxygens (including phenoxy) is 2. The summed E-state index contributed by atoms with van der Waals surface area (Å²) in [4.78, 5) is 0.109. The van der Waals surface area contributed by atoms with Gasteiger partial charge in [0.1, 0.15) is 10.6 Å². The molecular formula is C14H20ClNO4S. The van der Waals surface area contributed by atoms with Gasteiger partial charge in [0.05, 0.1) is 18.8 Å². The predicted octanol–water partition coefficient (Wildman–Crippen LogP) is 2.54. The number of sulfonamides is 1. The van der Waals surface area contributed by atoms with Crippen LogP contribution in [-0.4, -0.2) is 44.6 Å². The van der Waals surface area contributed by atoms with E-state index in [4.69, 9.17) is 21.1 Å². The molecule has 0 N–H and O–H groups in total. The molecule has 0 saturated carbocycles. The van der Waals surface area contributed by atoms with E-state index in [1.807, 2.05) is 20.8 Å². The van der Waals surface area contributed by atoms with Crippen molar-refractivity contribution in [1.29, 1.82) is 0 Å². The molecule has 1 aromatic carbocycles. The molecule has 1 aliphatic heterocycles. The van der Waals surface area contributed by atoms with Gasteiger partial charge in [-0.25, -0.2) is 8.42 Å². The van der Waals surface area contributed by atoms with Crippen LogP contribution in [0.1, 0.15) is 20.8 Å². The fourth-order valence-corrected chi connectivity index (χ4v) is 4.41. The zero-order chi connectivity index (χ0) is 15.6. The molecule has 0 radical (unpaired) electrons. The van der Waals surface area contributed by atoms with Crippen molar-refractivity contribution < 1.29 is 17.9 Å². The third-order valence-corrected chi connectivity index (χ3v) is 5.30. The summed E-state index contributed by atoms with van der Waals surface area (Å²) in [7, 11) is -3.66. The highest BCUT2D eigenvalue weighted by atomic mass is 35.5. The molecule has 2 unspecified atom stereocenters. The van der Waals surface area contributed by atoms with Gasteiger partial charge in [-0.15, -0.1) is 0 Å². The number of hydrogen-bond donors (Lipinski definition) is 0. The molecule has 0 spiro atoms. The largest absolute Gasteiger partial charge is 0.492 e. The molecule has 0 aliphatic carbocycles. The van der Waals surface area contributed by atoms with Gasteiger partial charge in [-0.2, -0.15) is 4.31 Å². The maximum atomic E-state index is 12.9. The summed E-state index contributed by atoms with van der Waals surface area (Å²) in [6.07, 6.45) is -0.281. The van der Waals surface area contributed by atoms with Gasteiger partial charge >= 0.3 is 0 Å². The standard InChI is InChI=1S/C14H20ClNO4S/c1-4-19-13-6-5-12(15)7-14(13)21(17,18)16-8-10(2)20-11(3)9-16/h5-7,10-11H,4,8-9H2,1-3H3. The van der Waals surface area contributed by atoms with Crippen molar-refractivity contribution >= 4 is 21.6 Å². The van der Waals surface area contributed by atoms with E-state index in [1.165, 1.54) is 10.4 Å². The van der Waals surface area contributed by atoms with Gasteiger partial charge in [0, 0.05) is 18.1 Å². The Morgan fingerprint density at radius 2 is 1.95 bits per heavy atom. The Morgan fingerprint density at radius 3 is 2.52 bits per heavy atom. The van der Waals surface area contributed by atoms with E-state index in [2.05, 4.69) is 0 Å². The van der Waals surface area contributed by atoms with Gasteiger partial charge in [0.25, 0.3) is 0 Å². The highest BCUT2D eigenvalue weighted by Gasteiger charge is 2.34. The Bertz CT molecular complexity index is 595. The van der Waals surface area contributed by atoms with Crippen molar-refractivity contribution in [1.82, 2.24) is 4.31 Å². The first kappa shape index (κ1) is 16.5. The fraction of sp³-hybridized carbons (Fsp3) is 0.571. The van der Waals surface area contributed by atoms with Crippen LogP contribution >= 0.6 is 11.6 Å². The Morgan fingerprint density at radius 1 is 1.33 bits per heavy atom. The third-order valence-electron chi connectivity index (χ3n) is 3.21. The summed E-state index contributed by atoms with van der Waals surface area (Å²) in [6.45, 7) is 6.57. The van der Waals surface area contributed by atoms with Crippen LogP contribution in [0.25, 0.3) is 0 Å². The SMILES string of the molecule is CCOc1ccc(Cl)cc1S(=O)(=O)N1CC(C)OC(C)C1. The number of nitrogens with zero attached hydrogens (tertiary/aromatic N) is 1. The van der Waals surface area contributed by atoms with Crippen LogP contribution in [0, 0.1) is 0 Å². The lowest BCUT2D eigenvalue weighted by Crippen LogP contribution is -2.48. The summed E-state index contributed by atoms with van der Waals surface area (Å²) in [6, 6.07) is 4.65. The lowest BCUT2D eigenvalue weighted by atomic mass is 10.3. The maximum Gasteiger partial charge on any atom is 0.246 e. The summed E-state index contributed by atoms with van der Waals surface area (Å²) in [5, 5.41) is 0.367. The molecule has 21 heavy (non-hydrogen) atoms. The lowest BCUT2D eigenvalue weighted by Gasteiger charge is -2.34. The number of benzene rings is 1. The van der Waals surface area contributed by atoms with Gasteiger partial charge in [0.15, 0.2) is 0 Å². The molecule has 2 rings (SSSR count). The topological polar surface area (TPSA) is 55.8 Å². The summed E-state index contributed by atoms with van der Waals surface area (Å²) >= 11 is 5.96. The molecule has 5 nitrogen and oxygen atoms in total. The Balaban J connectivity index is 2.41. The quantitative estimate of drug-likeness (QED) is 0.849.